The molecule has 0 amide bonds. The molecule has 0 N–H and O–H groups in total. The minimum atomic E-state index is 0.682. The highest BCUT2D eigenvalue weighted by molar-refractivity contribution is 5.92. The van der Waals surface area contributed by atoms with Gasteiger partial charge in [-0.2, -0.15) is 0 Å². The number of para-hydroxylation sites is 1. The van der Waals surface area contributed by atoms with Gasteiger partial charge in [0.1, 0.15) is 6.33 Å². The predicted octanol–water partition coefficient (Wildman–Crippen LogP) is 3.55. The molecule has 128 valence electrons. The predicted molar refractivity (Wildman–Crippen MR) is 99.1 cm³/mol. The first-order valence-corrected chi connectivity index (χ1v) is 8.80. The summed E-state index contributed by atoms with van der Waals surface area (Å²) < 4.78 is 5.46. The Balaban J connectivity index is 1.79. The number of fused-ring (bicyclic) bond motifs is 2. The van der Waals surface area contributed by atoms with Crippen molar-refractivity contribution in [1.82, 2.24) is 15.0 Å². The average Bonchev–Trinajstić information content (AvgIpc) is 2.66. The number of anilines is 1. The second-order valence-corrected chi connectivity index (χ2v) is 6.38. The van der Waals surface area contributed by atoms with Gasteiger partial charge in [-0.15, -0.1) is 0 Å². The molecule has 1 aliphatic rings. The van der Waals surface area contributed by atoms with Crippen LogP contribution in [0.15, 0.2) is 36.7 Å². The van der Waals surface area contributed by atoms with Gasteiger partial charge in [0.05, 0.1) is 30.4 Å². The number of aryl methyl sites for hydroxylation is 1. The number of aromatic nitrogens is 3. The molecule has 0 atom stereocenters. The van der Waals surface area contributed by atoms with Crippen LogP contribution < -0.4 is 9.64 Å². The highest BCUT2D eigenvalue weighted by atomic mass is 16.5. The van der Waals surface area contributed by atoms with Gasteiger partial charge < -0.3 is 9.64 Å². The fraction of sp³-hybridized carbons (Fsp3) is 0.350. The third-order valence-electron chi connectivity index (χ3n) is 4.75. The summed E-state index contributed by atoms with van der Waals surface area (Å²) in [5, 5.41) is 1.20. The minimum absolute atomic E-state index is 0.682. The molecular formula is C20H22N4O. The van der Waals surface area contributed by atoms with Crippen molar-refractivity contribution < 1.29 is 4.74 Å². The van der Waals surface area contributed by atoms with Crippen molar-refractivity contribution in [3.63, 3.8) is 0 Å². The highest BCUT2D eigenvalue weighted by Gasteiger charge is 2.23. The Kier molecular flexibility index (Phi) is 4.22. The van der Waals surface area contributed by atoms with Crippen molar-refractivity contribution in [2.45, 2.75) is 32.7 Å². The molecule has 5 nitrogen and oxygen atoms in total. The minimum Gasteiger partial charge on any atom is -0.481 e. The zero-order valence-corrected chi connectivity index (χ0v) is 14.7. The molecule has 0 saturated carbocycles. The van der Waals surface area contributed by atoms with Crippen molar-refractivity contribution >= 4 is 16.6 Å². The Morgan fingerprint density at radius 3 is 2.92 bits per heavy atom. The molecule has 1 aliphatic heterocycles. The Labute approximate surface area is 147 Å². The van der Waals surface area contributed by atoms with E-state index in [2.05, 4.69) is 52.1 Å². The second kappa shape index (κ2) is 6.67. The molecule has 0 bridgehead atoms. The lowest BCUT2D eigenvalue weighted by Crippen LogP contribution is -2.31. The molecule has 0 aliphatic carbocycles. The van der Waals surface area contributed by atoms with Crippen molar-refractivity contribution in [3.05, 3.63) is 53.6 Å². The van der Waals surface area contributed by atoms with Gasteiger partial charge in [-0.1, -0.05) is 31.5 Å². The molecule has 25 heavy (non-hydrogen) atoms. The fourth-order valence-corrected chi connectivity index (χ4v) is 3.55. The van der Waals surface area contributed by atoms with Crippen LogP contribution in [0.2, 0.25) is 0 Å². The van der Waals surface area contributed by atoms with E-state index in [0.717, 1.165) is 54.8 Å². The molecule has 0 saturated heterocycles. The zero-order valence-electron chi connectivity index (χ0n) is 14.7. The van der Waals surface area contributed by atoms with E-state index in [1.165, 1.54) is 11.1 Å². The number of benzene rings is 1. The van der Waals surface area contributed by atoms with Gasteiger partial charge in [-0.3, -0.25) is 4.98 Å². The van der Waals surface area contributed by atoms with Crippen LogP contribution in [-0.4, -0.2) is 28.6 Å². The molecule has 3 aromatic rings. The molecule has 3 heterocycles. The summed E-state index contributed by atoms with van der Waals surface area (Å²) in [6, 6.07) is 10.6. The van der Waals surface area contributed by atoms with E-state index in [9.17, 15) is 0 Å². The number of rotatable bonds is 4. The van der Waals surface area contributed by atoms with E-state index in [1.807, 2.05) is 0 Å². The molecular weight excluding hydrogens is 312 g/mol. The standard InChI is InChI=1S/C20H22N4O/c1-3-6-14-11-19(15-7-4-5-8-18(15)23-14)24-10-9-17-16(12-24)20(25-2)22-13-21-17/h4-5,7-8,11,13H,3,6,9-10,12H2,1-2H3. The van der Waals surface area contributed by atoms with Gasteiger partial charge in [-0.25, -0.2) is 9.97 Å². The number of pyridine rings is 1. The molecule has 2 aromatic heterocycles. The summed E-state index contributed by atoms with van der Waals surface area (Å²) in [7, 11) is 1.67. The van der Waals surface area contributed by atoms with Gasteiger partial charge in [0.25, 0.3) is 0 Å². The van der Waals surface area contributed by atoms with Gasteiger partial charge >= 0.3 is 0 Å². The molecule has 4 rings (SSSR count). The van der Waals surface area contributed by atoms with Crippen LogP contribution in [0, 0.1) is 0 Å². The van der Waals surface area contributed by atoms with Crippen LogP contribution in [0.1, 0.15) is 30.3 Å². The third kappa shape index (κ3) is 2.90. The zero-order chi connectivity index (χ0) is 17.2. The van der Waals surface area contributed by atoms with Crippen LogP contribution in [0.4, 0.5) is 5.69 Å². The van der Waals surface area contributed by atoms with E-state index < -0.39 is 0 Å². The van der Waals surface area contributed by atoms with Crippen LogP contribution in [-0.2, 0) is 19.4 Å². The maximum absolute atomic E-state index is 5.46. The smallest absolute Gasteiger partial charge is 0.221 e. The summed E-state index contributed by atoms with van der Waals surface area (Å²) in [5.74, 6) is 0.682. The lowest BCUT2D eigenvalue weighted by atomic mass is 10.0. The van der Waals surface area contributed by atoms with E-state index in [0.29, 0.717) is 5.88 Å². The van der Waals surface area contributed by atoms with Crippen LogP contribution in [0.25, 0.3) is 10.9 Å². The van der Waals surface area contributed by atoms with E-state index in [4.69, 9.17) is 9.72 Å². The number of methoxy groups -OCH3 is 1. The monoisotopic (exact) mass is 334 g/mol. The summed E-state index contributed by atoms with van der Waals surface area (Å²) in [6.07, 6.45) is 4.58. The maximum Gasteiger partial charge on any atom is 0.221 e. The van der Waals surface area contributed by atoms with Crippen LogP contribution in [0.5, 0.6) is 5.88 Å². The highest BCUT2D eigenvalue weighted by Crippen LogP contribution is 2.32. The average molecular weight is 334 g/mol. The SMILES string of the molecule is CCCc1cc(N2CCc3ncnc(OC)c3C2)c2ccccc2n1. The van der Waals surface area contributed by atoms with Crippen LogP contribution in [0.3, 0.4) is 0 Å². The van der Waals surface area contributed by atoms with Crippen molar-refractivity contribution in [3.8, 4) is 5.88 Å². The Morgan fingerprint density at radius 2 is 2.08 bits per heavy atom. The summed E-state index contributed by atoms with van der Waals surface area (Å²) in [6.45, 7) is 3.89. The fourth-order valence-electron chi connectivity index (χ4n) is 3.55. The first-order valence-electron chi connectivity index (χ1n) is 8.80. The number of hydrogen-bond donors (Lipinski definition) is 0. The maximum atomic E-state index is 5.46. The quantitative estimate of drug-likeness (QED) is 0.730. The summed E-state index contributed by atoms with van der Waals surface area (Å²) in [4.78, 5) is 15.9. The third-order valence-corrected chi connectivity index (χ3v) is 4.75. The topological polar surface area (TPSA) is 51.1 Å². The number of ether oxygens (including phenoxy) is 1. The van der Waals surface area contributed by atoms with Crippen molar-refractivity contribution in [1.29, 1.82) is 0 Å². The Morgan fingerprint density at radius 1 is 1.20 bits per heavy atom. The van der Waals surface area contributed by atoms with Gasteiger partial charge in [0.2, 0.25) is 5.88 Å². The lowest BCUT2D eigenvalue weighted by Gasteiger charge is -2.31. The van der Waals surface area contributed by atoms with Crippen LogP contribution >= 0.6 is 0 Å². The first kappa shape index (κ1) is 15.8. The summed E-state index contributed by atoms with van der Waals surface area (Å²) in [5.41, 5.74) is 5.64. The van der Waals surface area contributed by atoms with Crippen molar-refractivity contribution in [2.24, 2.45) is 0 Å². The molecule has 5 heteroatoms. The molecule has 0 unspecified atom stereocenters. The van der Waals surface area contributed by atoms with E-state index in [1.54, 1.807) is 13.4 Å². The van der Waals surface area contributed by atoms with E-state index >= 15 is 0 Å². The van der Waals surface area contributed by atoms with Gasteiger partial charge in [-0.05, 0) is 18.6 Å². The van der Waals surface area contributed by atoms with Gasteiger partial charge in [0, 0.05) is 29.7 Å². The molecule has 0 spiro atoms. The molecule has 0 radical (unpaired) electrons. The van der Waals surface area contributed by atoms with Gasteiger partial charge in [0.15, 0.2) is 0 Å². The largest absolute Gasteiger partial charge is 0.481 e. The normalized spacial score (nSPS) is 13.8. The summed E-state index contributed by atoms with van der Waals surface area (Å²) >= 11 is 0. The number of nitrogens with zero attached hydrogens (tertiary/aromatic N) is 4. The Bertz CT molecular complexity index is 895. The van der Waals surface area contributed by atoms with E-state index in [-0.39, 0.29) is 0 Å². The lowest BCUT2D eigenvalue weighted by molar-refractivity contribution is 0.387. The van der Waals surface area contributed by atoms with Crippen molar-refractivity contribution in [2.75, 3.05) is 18.6 Å². The molecule has 0 fully saturated rings. The Hall–Kier alpha value is -2.69. The molecule has 1 aromatic carbocycles. The first-order chi connectivity index (χ1) is 12.3. The second-order valence-electron chi connectivity index (χ2n) is 6.38. The number of hydrogen-bond acceptors (Lipinski definition) is 5.